The molecule has 1 aliphatic rings. The molecule has 2 aromatic rings. The number of benzene rings is 1. The Bertz CT molecular complexity index is 628. The van der Waals surface area contributed by atoms with Gasteiger partial charge in [0, 0.05) is 48.1 Å². The summed E-state index contributed by atoms with van der Waals surface area (Å²) in [6, 6.07) is 9.17. The summed E-state index contributed by atoms with van der Waals surface area (Å²) < 4.78 is 0. The summed E-state index contributed by atoms with van der Waals surface area (Å²) >= 11 is 0. The molecule has 1 aromatic carbocycles. The third-order valence-corrected chi connectivity index (χ3v) is 4.50. The summed E-state index contributed by atoms with van der Waals surface area (Å²) in [7, 11) is 0. The highest BCUT2D eigenvalue weighted by atomic mass is 15.3. The number of aromatic nitrogens is 1. The quantitative estimate of drug-likeness (QED) is 0.915. The van der Waals surface area contributed by atoms with Gasteiger partial charge in [0.15, 0.2) is 0 Å². The monoisotopic (exact) mass is 283 g/mol. The number of nitrogens with zero attached hydrogens (tertiary/aromatic N) is 2. The summed E-state index contributed by atoms with van der Waals surface area (Å²) in [5.74, 6) is 0.612. The second-order valence-corrected chi connectivity index (χ2v) is 7.08. The second-order valence-electron chi connectivity index (χ2n) is 7.08. The van der Waals surface area contributed by atoms with Gasteiger partial charge in [-0.3, -0.25) is 4.98 Å². The molecular weight excluding hydrogens is 258 g/mol. The van der Waals surface area contributed by atoms with Crippen molar-refractivity contribution in [2.45, 2.75) is 39.3 Å². The summed E-state index contributed by atoms with van der Waals surface area (Å²) in [5, 5.41) is 6.20. The van der Waals surface area contributed by atoms with E-state index in [0.717, 1.165) is 13.1 Å². The fourth-order valence-corrected chi connectivity index (χ4v) is 3.30. The van der Waals surface area contributed by atoms with Crippen molar-refractivity contribution in [3.8, 4) is 0 Å². The lowest BCUT2D eigenvalue weighted by Gasteiger charge is -2.47. The summed E-state index contributed by atoms with van der Waals surface area (Å²) in [4.78, 5) is 6.91. The zero-order chi connectivity index (χ0) is 15.0. The molecule has 1 aliphatic heterocycles. The Hall–Kier alpha value is -1.61. The molecule has 3 rings (SSSR count). The van der Waals surface area contributed by atoms with Crippen LogP contribution >= 0.6 is 0 Å². The van der Waals surface area contributed by atoms with Crippen molar-refractivity contribution in [3.05, 3.63) is 36.7 Å². The second kappa shape index (κ2) is 5.30. The molecule has 1 aromatic heterocycles. The zero-order valence-electron chi connectivity index (χ0n) is 13.4. The number of piperazine rings is 1. The van der Waals surface area contributed by atoms with E-state index in [9.17, 15) is 0 Å². The number of hydrogen-bond donors (Lipinski definition) is 1. The molecule has 0 radical (unpaired) electrons. The van der Waals surface area contributed by atoms with Gasteiger partial charge in [-0.05, 0) is 37.3 Å². The van der Waals surface area contributed by atoms with Crippen molar-refractivity contribution < 1.29 is 0 Å². The molecule has 0 spiro atoms. The lowest BCUT2D eigenvalue weighted by Crippen LogP contribution is -2.63. The van der Waals surface area contributed by atoms with Gasteiger partial charge in [-0.2, -0.15) is 0 Å². The number of nitrogens with one attached hydrogen (secondary N) is 1. The number of rotatable bonds is 2. The van der Waals surface area contributed by atoms with E-state index in [1.54, 1.807) is 0 Å². The van der Waals surface area contributed by atoms with Crippen LogP contribution < -0.4 is 10.2 Å². The SMILES string of the molecule is CC(C)C1CNC(C)(C)CN1c1cccc2ccncc12. The van der Waals surface area contributed by atoms with Gasteiger partial charge in [-0.1, -0.05) is 26.0 Å². The topological polar surface area (TPSA) is 28.2 Å². The van der Waals surface area contributed by atoms with Gasteiger partial charge in [0.2, 0.25) is 0 Å². The Morgan fingerprint density at radius 3 is 2.86 bits per heavy atom. The summed E-state index contributed by atoms with van der Waals surface area (Å²) in [6.07, 6.45) is 3.87. The van der Waals surface area contributed by atoms with E-state index >= 15 is 0 Å². The minimum Gasteiger partial charge on any atom is -0.365 e. The largest absolute Gasteiger partial charge is 0.365 e. The van der Waals surface area contributed by atoms with E-state index in [2.05, 4.69) is 67.2 Å². The van der Waals surface area contributed by atoms with E-state index in [4.69, 9.17) is 0 Å². The van der Waals surface area contributed by atoms with E-state index in [1.807, 2.05) is 12.4 Å². The van der Waals surface area contributed by atoms with Crippen LogP contribution in [0, 0.1) is 5.92 Å². The lowest BCUT2D eigenvalue weighted by atomic mass is 9.92. The number of fused-ring (bicyclic) bond motifs is 1. The molecule has 1 fully saturated rings. The first kappa shape index (κ1) is 14.3. The molecule has 0 amide bonds. The predicted molar refractivity (Wildman–Crippen MR) is 89.8 cm³/mol. The Kier molecular flexibility index (Phi) is 3.62. The van der Waals surface area contributed by atoms with E-state index in [1.165, 1.54) is 16.5 Å². The maximum atomic E-state index is 4.33. The van der Waals surface area contributed by atoms with Crippen LogP contribution in [0.4, 0.5) is 5.69 Å². The van der Waals surface area contributed by atoms with Crippen molar-refractivity contribution in [2.24, 2.45) is 5.92 Å². The highest BCUT2D eigenvalue weighted by Crippen LogP contribution is 2.32. The van der Waals surface area contributed by atoms with Crippen LogP contribution in [0.1, 0.15) is 27.7 Å². The van der Waals surface area contributed by atoms with Crippen molar-refractivity contribution in [1.82, 2.24) is 10.3 Å². The Balaban J connectivity index is 2.09. The van der Waals surface area contributed by atoms with Crippen LogP contribution in [0.2, 0.25) is 0 Å². The first-order chi connectivity index (χ1) is 9.98. The minimum absolute atomic E-state index is 0.135. The van der Waals surface area contributed by atoms with Crippen molar-refractivity contribution >= 4 is 16.5 Å². The summed E-state index contributed by atoms with van der Waals surface area (Å²) in [6.45, 7) is 11.2. The fourth-order valence-electron chi connectivity index (χ4n) is 3.30. The van der Waals surface area contributed by atoms with E-state index in [-0.39, 0.29) is 5.54 Å². The van der Waals surface area contributed by atoms with Crippen LogP contribution in [-0.4, -0.2) is 29.7 Å². The minimum atomic E-state index is 0.135. The number of anilines is 1. The molecule has 21 heavy (non-hydrogen) atoms. The molecule has 0 saturated carbocycles. The molecule has 3 heteroatoms. The van der Waals surface area contributed by atoms with Crippen molar-refractivity contribution in [1.29, 1.82) is 0 Å². The first-order valence-corrected chi connectivity index (χ1v) is 7.82. The molecule has 1 N–H and O–H groups in total. The third kappa shape index (κ3) is 2.75. The molecular formula is C18H25N3. The molecule has 1 atom stereocenters. The van der Waals surface area contributed by atoms with Crippen molar-refractivity contribution in [3.63, 3.8) is 0 Å². The van der Waals surface area contributed by atoms with Gasteiger partial charge in [0.1, 0.15) is 0 Å². The highest BCUT2D eigenvalue weighted by Gasteiger charge is 2.34. The summed E-state index contributed by atoms with van der Waals surface area (Å²) in [5.41, 5.74) is 1.45. The van der Waals surface area contributed by atoms with Crippen LogP contribution in [0.15, 0.2) is 36.7 Å². The Morgan fingerprint density at radius 2 is 2.10 bits per heavy atom. The van der Waals surface area contributed by atoms with Crippen LogP contribution in [-0.2, 0) is 0 Å². The molecule has 0 bridgehead atoms. The van der Waals surface area contributed by atoms with Crippen molar-refractivity contribution in [2.75, 3.05) is 18.0 Å². The lowest BCUT2D eigenvalue weighted by molar-refractivity contribution is 0.277. The van der Waals surface area contributed by atoms with Crippen LogP contribution in [0.5, 0.6) is 0 Å². The predicted octanol–water partition coefficient (Wildman–Crippen LogP) is 3.45. The Morgan fingerprint density at radius 1 is 1.29 bits per heavy atom. The van der Waals surface area contributed by atoms with Gasteiger partial charge in [0.25, 0.3) is 0 Å². The van der Waals surface area contributed by atoms with Gasteiger partial charge in [-0.15, -0.1) is 0 Å². The molecule has 0 aliphatic carbocycles. The van der Waals surface area contributed by atoms with Gasteiger partial charge < -0.3 is 10.2 Å². The van der Waals surface area contributed by atoms with Crippen LogP contribution in [0.25, 0.3) is 10.8 Å². The molecule has 2 heterocycles. The standard InChI is InChI=1S/C18H25N3/c1-13(2)17-11-20-18(3,4)12-21(17)16-7-5-6-14-8-9-19-10-15(14)16/h5-10,13,17,20H,11-12H2,1-4H3. The molecule has 1 saturated heterocycles. The zero-order valence-corrected chi connectivity index (χ0v) is 13.4. The maximum Gasteiger partial charge on any atom is 0.0465 e. The fraction of sp³-hybridized carbons (Fsp3) is 0.500. The number of pyridine rings is 1. The average molecular weight is 283 g/mol. The normalized spacial score (nSPS) is 22.0. The van der Waals surface area contributed by atoms with Crippen LogP contribution in [0.3, 0.4) is 0 Å². The van der Waals surface area contributed by atoms with E-state index in [0.29, 0.717) is 12.0 Å². The average Bonchev–Trinajstić information content (AvgIpc) is 2.45. The Labute approximate surface area is 127 Å². The number of hydrogen-bond acceptors (Lipinski definition) is 3. The molecule has 3 nitrogen and oxygen atoms in total. The molecule has 1 unspecified atom stereocenters. The smallest absolute Gasteiger partial charge is 0.0465 e. The first-order valence-electron chi connectivity index (χ1n) is 7.82. The maximum absolute atomic E-state index is 4.33. The molecule has 112 valence electrons. The van der Waals surface area contributed by atoms with Gasteiger partial charge in [-0.25, -0.2) is 0 Å². The third-order valence-electron chi connectivity index (χ3n) is 4.50. The van der Waals surface area contributed by atoms with Gasteiger partial charge >= 0.3 is 0 Å². The van der Waals surface area contributed by atoms with Gasteiger partial charge in [0.05, 0.1) is 0 Å². The van der Waals surface area contributed by atoms with E-state index < -0.39 is 0 Å². The highest BCUT2D eigenvalue weighted by molar-refractivity contribution is 5.93.